The maximum absolute atomic E-state index is 12.1. The molecule has 0 radical (unpaired) electrons. The fourth-order valence-electron chi connectivity index (χ4n) is 3.17. The largest absolute Gasteiger partial charge is 0.460 e. The van der Waals surface area contributed by atoms with E-state index in [9.17, 15) is 9.90 Å². The first-order chi connectivity index (χ1) is 9.27. The van der Waals surface area contributed by atoms with Gasteiger partial charge in [-0.2, -0.15) is 0 Å². The quantitative estimate of drug-likeness (QED) is 0.817. The van der Waals surface area contributed by atoms with Crippen LogP contribution in [0.15, 0.2) is 15.9 Å². The predicted octanol–water partition coefficient (Wildman–Crippen LogP) is 4.30. The second kappa shape index (κ2) is 6.16. The van der Waals surface area contributed by atoms with Gasteiger partial charge < -0.3 is 9.84 Å². The highest BCUT2D eigenvalue weighted by molar-refractivity contribution is 9.11. The summed E-state index contributed by atoms with van der Waals surface area (Å²) in [6.45, 7) is 6.60. The van der Waals surface area contributed by atoms with Gasteiger partial charge in [-0.1, -0.05) is 20.8 Å². The van der Waals surface area contributed by atoms with Crippen molar-refractivity contribution in [1.82, 2.24) is 0 Å². The highest BCUT2D eigenvalue weighted by atomic mass is 79.9. The maximum atomic E-state index is 12.1. The molecule has 0 bridgehead atoms. The number of halogens is 1. The Morgan fingerprint density at radius 3 is 2.75 bits per heavy atom. The lowest BCUT2D eigenvalue weighted by molar-refractivity contribution is -0.163. The summed E-state index contributed by atoms with van der Waals surface area (Å²) in [5.41, 5.74) is 0.194. The number of esters is 1. The van der Waals surface area contributed by atoms with E-state index in [1.807, 2.05) is 6.07 Å². The second-order valence-electron chi connectivity index (χ2n) is 6.52. The van der Waals surface area contributed by atoms with Crippen molar-refractivity contribution < 1.29 is 14.6 Å². The first-order valence-corrected chi connectivity index (χ1v) is 8.51. The third-order valence-corrected chi connectivity index (χ3v) is 5.39. The number of thiophene rings is 1. The average molecular weight is 361 g/mol. The van der Waals surface area contributed by atoms with Gasteiger partial charge in [0.2, 0.25) is 0 Å². The summed E-state index contributed by atoms with van der Waals surface area (Å²) < 4.78 is 6.42. The molecule has 1 aliphatic rings. The Hall–Kier alpha value is -0.390. The van der Waals surface area contributed by atoms with E-state index in [0.29, 0.717) is 10.8 Å². The molecule has 5 heteroatoms. The van der Waals surface area contributed by atoms with Crippen LogP contribution in [0.1, 0.15) is 51.0 Å². The zero-order valence-electron chi connectivity index (χ0n) is 12.1. The molecular formula is C15H21BrO3S. The van der Waals surface area contributed by atoms with Gasteiger partial charge in [0.15, 0.2) is 6.10 Å². The molecule has 1 saturated carbocycles. The van der Waals surface area contributed by atoms with Crippen LogP contribution in [-0.4, -0.2) is 17.2 Å². The van der Waals surface area contributed by atoms with Crippen molar-refractivity contribution in [1.29, 1.82) is 0 Å². The van der Waals surface area contributed by atoms with Gasteiger partial charge in [-0.15, -0.1) is 11.3 Å². The molecule has 2 rings (SSSR count). The van der Waals surface area contributed by atoms with E-state index in [1.54, 1.807) is 6.07 Å². The average Bonchev–Trinajstić information content (AvgIpc) is 2.71. The summed E-state index contributed by atoms with van der Waals surface area (Å²) in [7, 11) is 0. The van der Waals surface area contributed by atoms with Gasteiger partial charge in [0, 0.05) is 4.88 Å². The second-order valence-corrected chi connectivity index (χ2v) is 9.01. The Bertz CT molecular complexity index is 483. The van der Waals surface area contributed by atoms with Gasteiger partial charge in [-0.05, 0) is 58.7 Å². The van der Waals surface area contributed by atoms with Gasteiger partial charge in [-0.3, -0.25) is 0 Å². The van der Waals surface area contributed by atoms with Crippen molar-refractivity contribution in [2.24, 2.45) is 11.3 Å². The van der Waals surface area contributed by atoms with E-state index in [2.05, 4.69) is 36.7 Å². The van der Waals surface area contributed by atoms with Crippen molar-refractivity contribution in [2.75, 3.05) is 0 Å². The molecule has 3 unspecified atom stereocenters. The van der Waals surface area contributed by atoms with E-state index in [4.69, 9.17) is 4.74 Å². The number of rotatable bonds is 3. The fourth-order valence-corrected chi connectivity index (χ4v) is 4.57. The summed E-state index contributed by atoms with van der Waals surface area (Å²) in [4.78, 5) is 12.7. The van der Waals surface area contributed by atoms with Crippen LogP contribution in [0.3, 0.4) is 0 Å². The van der Waals surface area contributed by atoms with Gasteiger partial charge in [0.1, 0.15) is 6.10 Å². The monoisotopic (exact) mass is 360 g/mol. The number of aliphatic hydroxyl groups is 1. The Kier molecular flexibility index (Phi) is 4.92. The minimum atomic E-state index is -1.17. The van der Waals surface area contributed by atoms with Gasteiger partial charge >= 0.3 is 5.97 Å². The zero-order chi connectivity index (χ0) is 14.9. The van der Waals surface area contributed by atoms with Crippen molar-refractivity contribution in [3.8, 4) is 0 Å². The molecule has 0 spiro atoms. The third kappa shape index (κ3) is 4.06. The van der Waals surface area contributed by atoms with Crippen LogP contribution >= 0.6 is 27.3 Å². The summed E-state index contributed by atoms with van der Waals surface area (Å²) in [6, 6.07) is 3.57. The lowest BCUT2D eigenvalue weighted by Crippen LogP contribution is -2.35. The molecule has 1 aromatic rings. The van der Waals surface area contributed by atoms with E-state index in [-0.39, 0.29) is 11.5 Å². The molecular weight excluding hydrogens is 340 g/mol. The zero-order valence-corrected chi connectivity index (χ0v) is 14.5. The standard InChI is InChI=1S/C15H21BrO3S/c1-9-6-10(8-15(2,3)7-9)19-14(18)13(17)11-4-5-12(16)20-11/h4-5,9-10,13,17H,6-8H2,1-3H3. The van der Waals surface area contributed by atoms with Crippen LogP contribution in [0.25, 0.3) is 0 Å². The molecule has 1 N–H and O–H groups in total. The molecule has 1 aliphatic carbocycles. The van der Waals surface area contributed by atoms with Crippen LogP contribution in [0, 0.1) is 11.3 Å². The summed E-state index contributed by atoms with van der Waals surface area (Å²) in [5.74, 6) is 0.0128. The van der Waals surface area contributed by atoms with E-state index in [0.717, 1.165) is 23.0 Å². The summed E-state index contributed by atoms with van der Waals surface area (Å²) >= 11 is 4.68. The molecule has 0 amide bonds. The predicted molar refractivity (Wildman–Crippen MR) is 83.7 cm³/mol. The van der Waals surface area contributed by atoms with Gasteiger partial charge in [0.25, 0.3) is 0 Å². The van der Waals surface area contributed by atoms with Crippen molar-refractivity contribution in [3.05, 3.63) is 20.8 Å². The molecule has 1 fully saturated rings. The third-order valence-electron chi connectivity index (χ3n) is 3.72. The minimum absolute atomic E-state index is 0.0840. The lowest BCUT2D eigenvalue weighted by Gasteiger charge is -2.38. The minimum Gasteiger partial charge on any atom is -0.460 e. The van der Waals surface area contributed by atoms with Crippen LogP contribution < -0.4 is 0 Å². The van der Waals surface area contributed by atoms with E-state index in [1.165, 1.54) is 11.3 Å². The molecule has 0 saturated heterocycles. The maximum Gasteiger partial charge on any atom is 0.340 e. The number of hydrogen-bond acceptors (Lipinski definition) is 4. The number of carbonyl (C=O) groups excluding carboxylic acids is 1. The Balaban J connectivity index is 1.97. The van der Waals surface area contributed by atoms with E-state index < -0.39 is 12.1 Å². The topological polar surface area (TPSA) is 46.5 Å². The highest BCUT2D eigenvalue weighted by Crippen LogP contribution is 2.40. The van der Waals surface area contributed by atoms with Crippen LogP contribution in [-0.2, 0) is 9.53 Å². The van der Waals surface area contributed by atoms with Crippen molar-refractivity contribution in [2.45, 2.75) is 52.2 Å². The number of aliphatic hydroxyl groups excluding tert-OH is 1. The normalized spacial score (nSPS) is 27.1. The smallest absolute Gasteiger partial charge is 0.340 e. The van der Waals surface area contributed by atoms with Crippen molar-refractivity contribution >= 4 is 33.2 Å². The van der Waals surface area contributed by atoms with Crippen LogP contribution in [0.4, 0.5) is 0 Å². The van der Waals surface area contributed by atoms with Crippen LogP contribution in [0.5, 0.6) is 0 Å². The first-order valence-electron chi connectivity index (χ1n) is 6.90. The Morgan fingerprint density at radius 2 is 2.20 bits per heavy atom. The Morgan fingerprint density at radius 1 is 1.50 bits per heavy atom. The molecule has 0 aliphatic heterocycles. The summed E-state index contributed by atoms with van der Waals surface area (Å²) in [5, 5.41) is 10.0. The molecule has 112 valence electrons. The van der Waals surface area contributed by atoms with Crippen LogP contribution in [0.2, 0.25) is 0 Å². The fraction of sp³-hybridized carbons (Fsp3) is 0.667. The Labute approximate surface area is 132 Å². The first kappa shape index (κ1) is 16.0. The number of ether oxygens (including phenoxy) is 1. The molecule has 1 aromatic heterocycles. The molecule has 3 atom stereocenters. The lowest BCUT2D eigenvalue weighted by atomic mass is 9.71. The van der Waals surface area contributed by atoms with E-state index >= 15 is 0 Å². The molecule has 20 heavy (non-hydrogen) atoms. The van der Waals surface area contributed by atoms with Gasteiger partial charge in [-0.25, -0.2) is 4.79 Å². The molecule has 3 nitrogen and oxygen atoms in total. The molecule has 0 aromatic carbocycles. The SMILES string of the molecule is CC1CC(OC(=O)C(O)c2ccc(Br)s2)CC(C)(C)C1. The number of carbonyl (C=O) groups is 1. The summed E-state index contributed by atoms with van der Waals surface area (Å²) in [6.07, 6.45) is 1.65. The molecule has 1 heterocycles. The van der Waals surface area contributed by atoms with Crippen molar-refractivity contribution in [3.63, 3.8) is 0 Å². The van der Waals surface area contributed by atoms with Gasteiger partial charge in [0.05, 0.1) is 3.79 Å². The number of hydrogen-bond donors (Lipinski definition) is 1. The highest BCUT2D eigenvalue weighted by Gasteiger charge is 2.35.